The first-order chi connectivity index (χ1) is 13.5. The van der Waals surface area contributed by atoms with Crippen molar-refractivity contribution in [1.29, 1.82) is 0 Å². The minimum absolute atomic E-state index is 0.112. The van der Waals surface area contributed by atoms with Gasteiger partial charge in [-0.25, -0.2) is 4.79 Å². The molecule has 5 fully saturated rings. The van der Waals surface area contributed by atoms with E-state index in [-0.39, 0.29) is 17.0 Å². The maximum atomic E-state index is 12.2. The van der Waals surface area contributed by atoms with Crippen LogP contribution in [0.2, 0.25) is 0 Å². The summed E-state index contributed by atoms with van der Waals surface area (Å²) in [5.41, 5.74) is 1.78. The summed E-state index contributed by atoms with van der Waals surface area (Å²) in [4.78, 5) is 24.4. The molecule has 0 N–H and O–H groups in total. The molecule has 3 unspecified atom stereocenters. The first-order valence-corrected chi connectivity index (χ1v) is 11.7. The Kier molecular flexibility index (Phi) is 2.84. The van der Waals surface area contributed by atoms with E-state index < -0.39 is 0 Å². The van der Waals surface area contributed by atoms with Crippen molar-refractivity contribution in [3.05, 3.63) is 23.8 Å². The van der Waals surface area contributed by atoms with E-state index in [1.165, 1.54) is 38.5 Å². The van der Waals surface area contributed by atoms with Gasteiger partial charge < -0.3 is 4.74 Å². The Labute approximate surface area is 167 Å². The number of carbonyl (C=O) groups excluding carboxylic acids is 2. The van der Waals surface area contributed by atoms with Crippen LogP contribution in [0.5, 0.6) is 0 Å². The number of ketones is 1. The van der Waals surface area contributed by atoms with Gasteiger partial charge in [-0.2, -0.15) is 0 Å². The van der Waals surface area contributed by atoms with E-state index in [9.17, 15) is 9.59 Å². The first kappa shape index (κ1) is 16.4. The Morgan fingerprint density at radius 2 is 1.96 bits per heavy atom. The van der Waals surface area contributed by atoms with E-state index in [1.807, 2.05) is 0 Å². The minimum Gasteiger partial charge on any atom is -0.451 e. The zero-order chi connectivity index (χ0) is 18.9. The van der Waals surface area contributed by atoms with E-state index in [2.05, 4.69) is 19.1 Å². The topological polar surface area (TPSA) is 43.4 Å². The van der Waals surface area contributed by atoms with Crippen LogP contribution in [-0.4, -0.2) is 17.4 Å². The molecule has 7 aliphatic rings. The van der Waals surface area contributed by atoms with Gasteiger partial charge in [0.25, 0.3) is 0 Å². The molecule has 0 amide bonds. The average molecular weight is 379 g/mol. The molecule has 7 rings (SSSR count). The molecular weight excluding hydrogens is 348 g/mol. The molecule has 0 radical (unpaired) electrons. The van der Waals surface area contributed by atoms with Crippen LogP contribution in [-0.2, 0) is 14.3 Å². The zero-order valence-electron chi connectivity index (χ0n) is 16.8. The van der Waals surface area contributed by atoms with Crippen molar-refractivity contribution in [2.24, 2.45) is 46.3 Å². The van der Waals surface area contributed by atoms with Gasteiger partial charge >= 0.3 is 5.97 Å². The normalized spacial score (nSPS) is 54.0. The van der Waals surface area contributed by atoms with Crippen molar-refractivity contribution < 1.29 is 14.3 Å². The third-order valence-electron chi connectivity index (χ3n) is 10.6. The second-order valence-corrected chi connectivity index (χ2v) is 11.2. The third-order valence-corrected chi connectivity index (χ3v) is 10.6. The lowest BCUT2D eigenvalue weighted by molar-refractivity contribution is -0.173. The molecule has 0 aromatic rings. The molecule has 3 heteroatoms. The highest BCUT2D eigenvalue weighted by Crippen LogP contribution is 2.80. The van der Waals surface area contributed by atoms with Crippen molar-refractivity contribution in [1.82, 2.24) is 0 Å². The Balaban J connectivity index is 1.33. The van der Waals surface area contributed by atoms with Crippen LogP contribution in [0.3, 0.4) is 0 Å². The fraction of sp³-hybridized carbons (Fsp3) is 0.760. The highest BCUT2D eigenvalue weighted by molar-refractivity contribution is 5.91. The number of fused-ring (bicyclic) bond motifs is 10. The second-order valence-electron chi connectivity index (χ2n) is 11.2. The summed E-state index contributed by atoms with van der Waals surface area (Å²) in [6.07, 6.45) is 16.6. The SMILES string of the molecule is CC[C@]12CCC3C(CC4(CC4)C4=CC(=O)CC[C@@H]43)C1[C@H]1C[C@H]1[C@@]21C=CC(=O)O1. The van der Waals surface area contributed by atoms with Crippen molar-refractivity contribution in [2.75, 3.05) is 0 Å². The first-order valence-electron chi connectivity index (χ1n) is 11.7. The summed E-state index contributed by atoms with van der Waals surface area (Å²) in [5.74, 6) is 4.49. The third kappa shape index (κ3) is 1.67. The lowest BCUT2D eigenvalue weighted by atomic mass is 9.46. The number of carbonyl (C=O) groups is 2. The van der Waals surface area contributed by atoms with E-state index in [0.29, 0.717) is 29.0 Å². The maximum Gasteiger partial charge on any atom is 0.331 e. The van der Waals surface area contributed by atoms with E-state index in [4.69, 9.17) is 4.74 Å². The van der Waals surface area contributed by atoms with Gasteiger partial charge in [-0.1, -0.05) is 12.5 Å². The quantitative estimate of drug-likeness (QED) is 0.626. The molecule has 2 spiro atoms. The van der Waals surface area contributed by atoms with Gasteiger partial charge in [0.05, 0.1) is 0 Å². The summed E-state index contributed by atoms with van der Waals surface area (Å²) >= 11 is 0. The van der Waals surface area contributed by atoms with Crippen LogP contribution in [0.25, 0.3) is 0 Å². The second kappa shape index (κ2) is 4.84. The van der Waals surface area contributed by atoms with Gasteiger partial charge in [0, 0.05) is 23.8 Å². The molecule has 0 aromatic heterocycles. The molecule has 1 heterocycles. The predicted molar refractivity (Wildman–Crippen MR) is 104 cm³/mol. The van der Waals surface area contributed by atoms with Crippen LogP contribution >= 0.6 is 0 Å². The van der Waals surface area contributed by atoms with Crippen molar-refractivity contribution in [2.45, 2.75) is 70.3 Å². The number of ether oxygens (including phenoxy) is 1. The molecule has 148 valence electrons. The van der Waals surface area contributed by atoms with Crippen LogP contribution in [0.15, 0.2) is 23.8 Å². The molecule has 0 bridgehead atoms. The highest BCUT2D eigenvalue weighted by Gasteiger charge is 2.79. The summed E-state index contributed by atoms with van der Waals surface area (Å²) in [6, 6.07) is 0. The van der Waals surface area contributed by atoms with Crippen LogP contribution < -0.4 is 0 Å². The molecule has 5 saturated carbocycles. The molecule has 6 aliphatic carbocycles. The maximum absolute atomic E-state index is 12.2. The van der Waals surface area contributed by atoms with Crippen molar-refractivity contribution >= 4 is 11.8 Å². The molecule has 1 aliphatic heterocycles. The zero-order valence-corrected chi connectivity index (χ0v) is 16.8. The monoisotopic (exact) mass is 378 g/mol. The predicted octanol–water partition coefficient (Wildman–Crippen LogP) is 4.62. The van der Waals surface area contributed by atoms with Crippen LogP contribution in [0.1, 0.15) is 64.7 Å². The summed E-state index contributed by atoms with van der Waals surface area (Å²) in [7, 11) is 0. The summed E-state index contributed by atoms with van der Waals surface area (Å²) in [6.45, 7) is 2.35. The van der Waals surface area contributed by atoms with Gasteiger partial charge in [-0.15, -0.1) is 0 Å². The largest absolute Gasteiger partial charge is 0.451 e. The standard InChI is InChI=1S/C25H30O3/c1-2-24-7-5-15-16-4-3-14(26)11-19(16)23(9-10-23)13-18(15)22(24)17-12-20(17)25(24)8-6-21(27)28-25/h6,8,11,15-18,20,22H,2-5,7,9-10,12-13H2,1H3/t15?,16-,17+,18?,20-,22?,24+,25+/m1/s1. The average Bonchev–Trinajstić information content (AvgIpc) is 3.60. The molecule has 0 aromatic carbocycles. The molecule has 28 heavy (non-hydrogen) atoms. The lowest BCUT2D eigenvalue weighted by Crippen LogP contribution is -2.57. The van der Waals surface area contributed by atoms with Gasteiger partial charge in [0.2, 0.25) is 0 Å². The molecule has 3 nitrogen and oxygen atoms in total. The van der Waals surface area contributed by atoms with Crippen LogP contribution in [0.4, 0.5) is 0 Å². The van der Waals surface area contributed by atoms with E-state index in [0.717, 1.165) is 37.0 Å². The number of hydrogen-bond donors (Lipinski definition) is 0. The number of rotatable bonds is 1. The lowest BCUT2D eigenvalue weighted by Gasteiger charge is -2.59. The Bertz CT molecular complexity index is 863. The molecular formula is C25H30O3. The Morgan fingerprint density at radius 3 is 2.68 bits per heavy atom. The Hall–Kier alpha value is -1.38. The van der Waals surface area contributed by atoms with Crippen LogP contribution in [0, 0.1) is 46.3 Å². The summed E-state index contributed by atoms with van der Waals surface area (Å²) in [5, 5.41) is 0. The Morgan fingerprint density at radius 1 is 1.11 bits per heavy atom. The van der Waals surface area contributed by atoms with Gasteiger partial charge in [-0.3, -0.25) is 4.79 Å². The fourth-order valence-corrected chi connectivity index (χ4v) is 9.51. The highest BCUT2D eigenvalue weighted by atomic mass is 16.6. The van der Waals surface area contributed by atoms with Gasteiger partial charge in [0.1, 0.15) is 5.60 Å². The molecule has 8 atom stereocenters. The van der Waals surface area contributed by atoms with E-state index >= 15 is 0 Å². The van der Waals surface area contributed by atoms with Gasteiger partial charge in [0.15, 0.2) is 5.78 Å². The number of esters is 1. The summed E-state index contributed by atoms with van der Waals surface area (Å²) < 4.78 is 6.19. The molecule has 0 saturated heterocycles. The minimum atomic E-state index is -0.297. The van der Waals surface area contributed by atoms with Gasteiger partial charge in [-0.05, 0) is 98.5 Å². The smallest absolute Gasteiger partial charge is 0.331 e. The number of allylic oxidation sites excluding steroid dienone is 1. The number of hydrogen-bond acceptors (Lipinski definition) is 3. The van der Waals surface area contributed by atoms with Crippen molar-refractivity contribution in [3.63, 3.8) is 0 Å². The van der Waals surface area contributed by atoms with Crippen molar-refractivity contribution in [3.8, 4) is 0 Å². The fourth-order valence-electron chi connectivity index (χ4n) is 9.51. The van der Waals surface area contributed by atoms with E-state index in [1.54, 1.807) is 11.6 Å².